The molecule has 0 saturated carbocycles. The molecule has 0 N–H and O–H groups in total. The summed E-state index contributed by atoms with van der Waals surface area (Å²) in [5.74, 6) is 0. The third-order valence-electron chi connectivity index (χ3n) is 1.92. The quantitative estimate of drug-likeness (QED) is 0.561. The van der Waals surface area contributed by atoms with Crippen LogP contribution >= 0.6 is 0 Å². The van der Waals surface area contributed by atoms with Crippen LogP contribution in [0.15, 0.2) is 49.9 Å². The van der Waals surface area contributed by atoms with E-state index >= 15 is 0 Å². The lowest BCUT2D eigenvalue weighted by atomic mass is 10.2. The molecule has 0 rings (SSSR count). The molecule has 72 valence electrons. The second kappa shape index (κ2) is 6.30. The lowest BCUT2D eigenvalue weighted by molar-refractivity contribution is 0.436. The van der Waals surface area contributed by atoms with Gasteiger partial charge in [0.2, 0.25) is 0 Å². The number of hydrogen-bond acceptors (Lipinski definition) is 1. The van der Waals surface area contributed by atoms with Crippen molar-refractivity contribution in [2.24, 2.45) is 0 Å². The molecular formula is C12H19N. The maximum absolute atomic E-state index is 3.97. The Morgan fingerprint density at radius 3 is 2.38 bits per heavy atom. The number of rotatable bonds is 6. The van der Waals surface area contributed by atoms with Crippen LogP contribution in [0.3, 0.4) is 0 Å². The third-order valence-corrected chi connectivity index (χ3v) is 1.92. The number of hydrogen-bond donors (Lipinski definition) is 0. The summed E-state index contributed by atoms with van der Waals surface area (Å²) in [5, 5.41) is 0. The van der Waals surface area contributed by atoms with E-state index in [-0.39, 0.29) is 6.04 Å². The molecule has 0 aromatic heterocycles. The predicted molar refractivity (Wildman–Crippen MR) is 60.3 cm³/mol. The second-order valence-corrected chi connectivity index (χ2v) is 2.76. The molecule has 0 saturated heterocycles. The maximum atomic E-state index is 3.97. The van der Waals surface area contributed by atoms with Crippen LogP contribution < -0.4 is 0 Å². The molecule has 0 bridgehead atoms. The van der Waals surface area contributed by atoms with E-state index in [0.717, 1.165) is 12.1 Å². The van der Waals surface area contributed by atoms with Crippen LogP contribution in [0.4, 0.5) is 0 Å². The average Bonchev–Trinajstić information content (AvgIpc) is 2.17. The van der Waals surface area contributed by atoms with Crippen molar-refractivity contribution < 1.29 is 0 Å². The smallest absolute Gasteiger partial charge is 0.0694 e. The minimum atomic E-state index is 0.176. The highest BCUT2D eigenvalue weighted by Crippen LogP contribution is 2.13. The number of nitrogens with zero attached hydrogens (tertiary/aromatic N) is 1. The molecule has 1 heteroatoms. The summed E-state index contributed by atoms with van der Waals surface area (Å²) in [5.41, 5.74) is 1.05. The summed E-state index contributed by atoms with van der Waals surface area (Å²) in [4.78, 5) is 2.02. The Morgan fingerprint density at radius 2 is 2.08 bits per heavy atom. The van der Waals surface area contributed by atoms with Gasteiger partial charge in [0.25, 0.3) is 0 Å². The highest BCUT2D eigenvalue weighted by molar-refractivity contribution is 5.12. The van der Waals surface area contributed by atoms with Gasteiger partial charge in [-0.15, -0.1) is 6.58 Å². The minimum absolute atomic E-state index is 0.176. The Hall–Kier alpha value is -1.24. The summed E-state index contributed by atoms with van der Waals surface area (Å²) >= 11 is 0. The zero-order chi connectivity index (χ0) is 10.3. The molecule has 0 aliphatic heterocycles. The van der Waals surface area contributed by atoms with E-state index in [1.807, 2.05) is 24.0 Å². The molecule has 1 nitrogen and oxygen atoms in total. The van der Waals surface area contributed by atoms with E-state index in [1.54, 1.807) is 6.20 Å². The topological polar surface area (TPSA) is 3.24 Å². The molecule has 0 fully saturated rings. The minimum Gasteiger partial charge on any atom is -0.342 e. The molecule has 0 spiro atoms. The van der Waals surface area contributed by atoms with Crippen LogP contribution in [0.1, 0.15) is 20.3 Å². The fraction of sp³-hybridized carbons (Fsp3) is 0.333. The summed E-state index contributed by atoms with van der Waals surface area (Å²) in [6.07, 6.45) is 8.66. The normalized spacial score (nSPS) is 12.5. The maximum Gasteiger partial charge on any atom is 0.0694 e. The first-order valence-electron chi connectivity index (χ1n) is 4.55. The van der Waals surface area contributed by atoms with Crippen LogP contribution in [-0.2, 0) is 0 Å². The molecular weight excluding hydrogens is 158 g/mol. The van der Waals surface area contributed by atoms with Crippen LogP contribution in [0.5, 0.6) is 0 Å². The highest BCUT2D eigenvalue weighted by Gasteiger charge is 2.08. The molecule has 1 atom stereocenters. The van der Waals surface area contributed by atoms with E-state index in [2.05, 4.69) is 32.7 Å². The van der Waals surface area contributed by atoms with E-state index < -0.39 is 0 Å². The van der Waals surface area contributed by atoms with Crippen molar-refractivity contribution >= 4 is 0 Å². The fourth-order valence-corrected chi connectivity index (χ4v) is 1.13. The Kier molecular flexibility index (Phi) is 5.69. The van der Waals surface area contributed by atoms with Gasteiger partial charge in [0.1, 0.15) is 0 Å². The number of allylic oxidation sites excluding steroid dienone is 2. The van der Waals surface area contributed by atoms with E-state index in [9.17, 15) is 0 Å². The van der Waals surface area contributed by atoms with Crippen molar-refractivity contribution in [1.29, 1.82) is 0 Å². The van der Waals surface area contributed by atoms with Crippen LogP contribution in [0.2, 0.25) is 0 Å². The Balaban J connectivity index is 4.60. The van der Waals surface area contributed by atoms with Gasteiger partial charge in [-0.25, -0.2) is 0 Å². The van der Waals surface area contributed by atoms with Crippen molar-refractivity contribution in [3.05, 3.63) is 49.9 Å². The van der Waals surface area contributed by atoms with Gasteiger partial charge in [-0.1, -0.05) is 38.3 Å². The lowest BCUT2D eigenvalue weighted by Crippen LogP contribution is -2.25. The predicted octanol–water partition coefficient (Wildman–Crippen LogP) is 3.49. The van der Waals surface area contributed by atoms with Gasteiger partial charge in [0.15, 0.2) is 0 Å². The molecule has 0 heterocycles. The van der Waals surface area contributed by atoms with Gasteiger partial charge in [-0.05, 0) is 19.5 Å². The first-order valence-corrected chi connectivity index (χ1v) is 4.55. The molecule has 0 aromatic carbocycles. The molecule has 0 amide bonds. The summed E-state index contributed by atoms with van der Waals surface area (Å²) < 4.78 is 0. The van der Waals surface area contributed by atoms with Crippen molar-refractivity contribution in [3.8, 4) is 0 Å². The van der Waals surface area contributed by atoms with Gasteiger partial charge >= 0.3 is 0 Å². The van der Waals surface area contributed by atoms with Gasteiger partial charge in [0.05, 0.1) is 6.04 Å². The zero-order valence-electron chi connectivity index (χ0n) is 8.66. The largest absolute Gasteiger partial charge is 0.342 e. The van der Waals surface area contributed by atoms with Crippen molar-refractivity contribution in [3.63, 3.8) is 0 Å². The Bertz CT molecular complexity index is 213. The highest BCUT2D eigenvalue weighted by atomic mass is 15.1. The van der Waals surface area contributed by atoms with E-state index in [0.29, 0.717) is 0 Å². The first-order chi connectivity index (χ1) is 6.21. The van der Waals surface area contributed by atoms with Crippen LogP contribution in [0, 0.1) is 0 Å². The second-order valence-electron chi connectivity index (χ2n) is 2.76. The van der Waals surface area contributed by atoms with Crippen LogP contribution in [-0.4, -0.2) is 10.9 Å². The van der Waals surface area contributed by atoms with E-state index in [1.165, 1.54) is 0 Å². The molecule has 0 aromatic rings. The Morgan fingerprint density at radius 1 is 1.46 bits per heavy atom. The third kappa shape index (κ3) is 3.32. The van der Waals surface area contributed by atoms with Gasteiger partial charge in [-0.3, -0.25) is 0 Å². The average molecular weight is 177 g/mol. The zero-order valence-corrected chi connectivity index (χ0v) is 8.66. The fourth-order valence-electron chi connectivity index (χ4n) is 1.13. The molecule has 0 radical (unpaired) electrons. The van der Waals surface area contributed by atoms with Crippen molar-refractivity contribution in [1.82, 2.24) is 4.90 Å². The summed E-state index contributed by atoms with van der Waals surface area (Å²) in [7, 11) is 0. The monoisotopic (exact) mass is 177 g/mol. The molecule has 13 heavy (non-hydrogen) atoms. The van der Waals surface area contributed by atoms with E-state index in [4.69, 9.17) is 0 Å². The molecule has 0 aliphatic carbocycles. The standard InChI is InChI=1S/C12H19N/c1-6-10-12(8-3)13(9-4)11(5)7-2/h6,8-10,12H,3-5,7H2,1-2H3/b10-6-. The van der Waals surface area contributed by atoms with Crippen molar-refractivity contribution in [2.75, 3.05) is 0 Å². The first kappa shape index (κ1) is 11.8. The van der Waals surface area contributed by atoms with Gasteiger partial charge in [0, 0.05) is 5.70 Å². The van der Waals surface area contributed by atoms with Gasteiger partial charge < -0.3 is 4.90 Å². The lowest BCUT2D eigenvalue weighted by Gasteiger charge is -2.27. The Labute approximate surface area is 81.8 Å². The summed E-state index contributed by atoms with van der Waals surface area (Å²) in [6.45, 7) is 15.6. The van der Waals surface area contributed by atoms with Crippen molar-refractivity contribution in [2.45, 2.75) is 26.3 Å². The molecule has 0 aliphatic rings. The SMILES string of the molecule is C=CC(/C=C\C)N(C=C)C(=C)CC. The van der Waals surface area contributed by atoms with Crippen LogP contribution in [0.25, 0.3) is 0 Å². The molecule has 1 unspecified atom stereocenters. The van der Waals surface area contributed by atoms with Gasteiger partial charge in [-0.2, -0.15) is 0 Å². The summed E-state index contributed by atoms with van der Waals surface area (Å²) in [6, 6.07) is 0.176.